The van der Waals surface area contributed by atoms with Gasteiger partial charge >= 0.3 is 0 Å². The molecule has 0 radical (unpaired) electrons. The van der Waals surface area contributed by atoms with Crippen molar-refractivity contribution in [2.24, 2.45) is 10.9 Å². The Morgan fingerprint density at radius 3 is 2.68 bits per heavy atom. The molecule has 1 amide bonds. The maximum absolute atomic E-state index is 12.6. The van der Waals surface area contributed by atoms with Crippen LogP contribution in [0, 0.1) is 5.92 Å². The highest BCUT2D eigenvalue weighted by atomic mass is 32.1. The molecule has 8 nitrogen and oxygen atoms in total. The van der Waals surface area contributed by atoms with Crippen molar-refractivity contribution in [2.45, 2.75) is 44.7 Å². The smallest absolute Gasteiger partial charge is 0.225 e. The number of piperidine rings is 1. The quantitative estimate of drug-likeness (QED) is 0.549. The summed E-state index contributed by atoms with van der Waals surface area (Å²) < 4.78 is 0. The molecule has 3 aliphatic rings. The number of aromatic nitrogens is 2. The van der Waals surface area contributed by atoms with Crippen LogP contribution in [0.1, 0.15) is 40.8 Å². The van der Waals surface area contributed by atoms with Gasteiger partial charge in [-0.05, 0) is 75.0 Å². The van der Waals surface area contributed by atoms with E-state index >= 15 is 0 Å². The van der Waals surface area contributed by atoms with E-state index in [2.05, 4.69) is 51.3 Å². The minimum atomic E-state index is 0.0487. The number of carbonyl (C=O) groups excluding carboxylic acids is 1. The van der Waals surface area contributed by atoms with Crippen molar-refractivity contribution in [1.82, 2.24) is 19.8 Å². The van der Waals surface area contributed by atoms with Gasteiger partial charge in [0, 0.05) is 50.2 Å². The highest BCUT2D eigenvalue weighted by Crippen LogP contribution is 2.42. The summed E-state index contributed by atoms with van der Waals surface area (Å²) in [5.41, 5.74) is 6.08. The molecule has 9 heteroatoms. The molecule has 194 valence electrons. The predicted molar refractivity (Wildman–Crippen MR) is 152 cm³/mol. The number of rotatable bonds is 5. The number of carbonyl (C=O) groups is 1. The first kappa shape index (κ1) is 24.3. The monoisotopic (exact) mass is 517 g/mol. The number of hydrogen-bond donors (Lipinski definition) is 1. The topological polar surface area (TPSA) is 77.0 Å². The van der Waals surface area contributed by atoms with Crippen LogP contribution in [0.3, 0.4) is 0 Å². The van der Waals surface area contributed by atoms with Crippen LogP contribution in [-0.2, 0) is 24.2 Å². The molecule has 4 heterocycles. The fourth-order valence-electron chi connectivity index (χ4n) is 6.04. The first-order valence-electron chi connectivity index (χ1n) is 13.2. The number of benzene rings is 1. The van der Waals surface area contributed by atoms with Gasteiger partial charge in [-0.3, -0.25) is 9.79 Å². The number of hydrogen-bond acceptors (Lipinski definition) is 8. The molecule has 0 spiro atoms. The molecule has 0 bridgehead atoms. The molecule has 1 fully saturated rings. The van der Waals surface area contributed by atoms with Gasteiger partial charge in [-0.2, -0.15) is 0 Å². The normalized spacial score (nSPS) is 19.4. The van der Waals surface area contributed by atoms with Gasteiger partial charge in [0.1, 0.15) is 17.0 Å². The Labute approximate surface area is 222 Å². The van der Waals surface area contributed by atoms with Crippen molar-refractivity contribution in [2.75, 3.05) is 51.5 Å². The van der Waals surface area contributed by atoms with Crippen LogP contribution in [0.4, 0.5) is 17.2 Å². The maximum atomic E-state index is 12.6. The molecule has 1 aromatic carbocycles. The Balaban J connectivity index is 1.34. The van der Waals surface area contributed by atoms with Crippen LogP contribution in [-0.4, -0.2) is 79.2 Å². The lowest BCUT2D eigenvalue weighted by Gasteiger charge is -2.37. The number of nitrogens with zero attached hydrogens (tertiary/aromatic N) is 6. The van der Waals surface area contributed by atoms with E-state index < -0.39 is 0 Å². The Morgan fingerprint density at radius 2 is 1.92 bits per heavy atom. The predicted octanol–water partition coefficient (Wildman–Crippen LogP) is 4.09. The summed E-state index contributed by atoms with van der Waals surface area (Å²) in [4.78, 5) is 35.4. The zero-order chi connectivity index (χ0) is 25.7. The Bertz CT molecular complexity index is 1370. The number of fused-ring (bicyclic) bond motifs is 4. The third-order valence-corrected chi connectivity index (χ3v) is 9.34. The molecule has 1 N–H and O–H groups in total. The van der Waals surface area contributed by atoms with E-state index in [-0.39, 0.29) is 11.8 Å². The van der Waals surface area contributed by atoms with Crippen LogP contribution in [0.5, 0.6) is 0 Å². The summed E-state index contributed by atoms with van der Waals surface area (Å²) in [6.45, 7) is 2.82. The zero-order valence-electron chi connectivity index (χ0n) is 22.1. The largest absolute Gasteiger partial charge is 0.370 e. The summed E-state index contributed by atoms with van der Waals surface area (Å²) in [6.07, 6.45) is 8.48. The standard InChI is InChI=1S/C28H35N7OS/c1-33(2)20-7-9-35(10-8-20)23-12-19-15-29-14-18(19)11-22(23)32-26-25-21-6-5-17(28(36)34(3)4)13-24(21)37-27(25)31-16-30-26/h11-12,14,16-17,20H,5-10,13,15H2,1-4H3,(H,30,31,32)/t17-/m0/s1. The number of aryl methyl sites for hydroxylation is 1. The lowest BCUT2D eigenvalue weighted by Crippen LogP contribution is -2.42. The number of anilines is 3. The molecule has 3 aromatic rings. The minimum Gasteiger partial charge on any atom is -0.370 e. The van der Waals surface area contributed by atoms with Crippen molar-refractivity contribution in [3.05, 3.63) is 40.0 Å². The fourth-order valence-corrected chi connectivity index (χ4v) is 7.31. The summed E-state index contributed by atoms with van der Waals surface area (Å²) in [6, 6.07) is 5.18. The molecule has 0 unspecified atom stereocenters. The van der Waals surface area contributed by atoms with E-state index in [0.717, 1.165) is 73.5 Å². The molecular weight excluding hydrogens is 482 g/mol. The molecule has 1 saturated heterocycles. The van der Waals surface area contributed by atoms with Crippen LogP contribution < -0.4 is 10.2 Å². The van der Waals surface area contributed by atoms with Crippen molar-refractivity contribution >= 4 is 50.9 Å². The van der Waals surface area contributed by atoms with Gasteiger partial charge in [0.2, 0.25) is 5.91 Å². The van der Waals surface area contributed by atoms with E-state index in [1.165, 1.54) is 27.3 Å². The summed E-state index contributed by atoms with van der Waals surface area (Å²) in [5.74, 6) is 1.13. The fraction of sp³-hybridized carbons (Fsp3) is 0.500. The molecule has 2 aromatic heterocycles. The Hall–Kier alpha value is -3.04. The highest BCUT2D eigenvalue weighted by molar-refractivity contribution is 7.19. The third kappa shape index (κ3) is 4.48. The maximum Gasteiger partial charge on any atom is 0.225 e. The summed E-state index contributed by atoms with van der Waals surface area (Å²) >= 11 is 1.71. The van der Waals surface area contributed by atoms with Crippen LogP contribution in [0.15, 0.2) is 23.5 Å². The second kappa shape index (κ2) is 9.68. The number of amides is 1. The molecule has 1 atom stereocenters. The number of aliphatic imine (C=N–C) groups is 1. The van der Waals surface area contributed by atoms with E-state index in [4.69, 9.17) is 4.98 Å². The van der Waals surface area contributed by atoms with Gasteiger partial charge < -0.3 is 20.0 Å². The second-order valence-electron chi connectivity index (χ2n) is 10.9. The van der Waals surface area contributed by atoms with Gasteiger partial charge in [-0.15, -0.1) is 11.3 Å². The molecule has 2 aliphatic heterocycles. The molecule has 1 aliphatic carbocycles. The average molecular weight is 518 g/mol. The molecular formula is C28H35N7OS. The molecule has 0 saturated carbocycles. The van der Waals surface area contributed by atoms with Gasteiger partial charge in [0.25, 0.3) is 0 Å². The Kier molecular flexibility index (Phi) is 6.36. The van der Waals surface area contributed by atoms with Crippen LogP contribution in [0.2, 0.25) is 0 Å². The van der Waals surface area contributed by atoms with Crippen molar-refractivity contribution < 1.29 is 4.79 Å². The summed E-state index contributed by atoms with van der Waals surface area (Å²) in [7, 11) is 8.05. The SMILES string of the molecule is CN(C)C(=O)[C@H]1CCc2c(sc3ncnc(Nc4cc5c(cc4N4CCC(N(C)C)CC4)CN=C5)c23)C1. The minimum absolute atomic E-state index is 0.0487. The Morgan fingerprint density at radius 1 is 1.11 bits per heavy atom. The third-order valence-electron chi connectivity index (χ3n) is 8.17. The van der Waals surface area contributed by atoms with Gasteiger partial charge in [0.05, 0.1) is 23.3 Å². The van der Waals surface area contributed by atoms with E-state index in [9.17, 15) is 4.79 Å². The van der Waals surface area contributed by atoms with Crippen LogP contribution >= 0.6 is 11.3 Å². The average Bonchev–Trinajstić information content (AvgIpc) is 3.51. The number of thiophene rings is 1. The van der Waals surface area contributed by atoms with Crippen molar-refractivity contribution in [3.8, 4) is 0 Å². The van der Waals surface area contributed by atoms with E-state index in [0.29, 0.717) is 6.04 Å². The summed E-state index contributed by atoms with van der Waals surface area (Å²) in [5, 5.41) is 4.85. The van der Waals surface area contributed by atoms with Crippen molar-refractivity contribution in [3.63, 3.8) is 0 Å². The van der Waals surface area contributed by atoms with Gasteiger partial charge in [0.15, 0.2) is 0 Å². The zero-order valence-corrected chi connectivity index (χ0v) is 22.9. The second-order valence-corrected chi connectivity index (χ2v) is 12.0. The lowest BCUT2D eigenvalue weighted by molar-refractivity contribution is -0.133. The lowest BCUT2D eigenvalue weighted by atomic mass is 9.87. The van der Waals surface area contributed by atoms with E-state index in [1.54, 1.807) is 22.6 Å². The van der Waals surface area contributed by atoms with E-state index in [1.807, 2.05) is 20.3 Å². The van der Waals surface area contributed by atoms with Crippen molar-refractivity contribution in [1.29, 1.82) is 0 Å². The van der Waals surface area contributed by atoms with Crippen LogP contribution in [0.25, 0.3) is 10.2 Å². The molecule has 37 heavy (non-hydrogen) atoms. The number of nitrogens with one attached hydrogen (secondary N) is 1. The first-order chi connectivity index (χ1) is 17.9. The van der Waals surface area contributed by atoms with Gasteiger partial charge in [-0.25, -0.2) is 9.97 Å². The first-order valence-corrected chi connectivity index (χ1v) is 14.0. The van der Waals surface area contributed by atoms with Gasteiger partial charge in [-0.1, -0.05) is 0 Å². The highest BCUT2D eigenvalue weighted by Gasteiger charge is 2.30. The molecule has 6 rings (SSSR count).